The quantitative estimate of drug-likeness (QED) is 0.210. The number of nitrogens with zero attached hydrogens (tertiary/aromatic N) is 3. The Morgan fingerprint density at radius 2 is 1.97 bits per heavy atom. The van der Waals surface area contributed by atoms with Gasteiger partial charge in [0, 0.05) is 55.2 Å². The van der Waals surface area contributed by atoms with Crippen LogP contribution in [0.2, 0.25) is 5.02 Å². The van der Waals surface area contributed by atoms with Crippen molar-refractivity contribution in [2.24, 2.45) is 7.05 Å². The van der Waals surface area contributed by atoms with Crippen molar-refractivity contribution < 1.29 is 5.11 Å². The van der Waals surface area contributed by atoms with Gasteiger partial charge in [-0.1, -0.05) is 29.8 Å². The summed E-state index contributed by atoms with van der Waals surface area (Å²) < 4.78 is 1.54. The van der Waals surface area contributed by atoms with Crippen LogP contribution in [0.5, 0.6) is 0 Å². The summed E-state index contributed by atoms with van der Waals surface area (Å²) in [6, 6.07) is 16.7. The second-order valence-electron chi connectivity index (χ2n) is 7.90. The van der Waals surface area contributed by atoms with Gasteiger partial charge in [-0.2, -0.15) is 0 Å². The Balaban J connectivity index is 1.80. The number of nitrogens with one attached hydrogen (secondary N) is 3. The molecule has 0 saturated carbocycles. The number of halogens is 1. The molecule has 178 valence electrons. The highest BCUT2D eigenvalue weighted by Crippen LogP contribution is 2.28. The Hall–Kier alpha value is -4.01. The molecule has 0 spiro atoms. The molecule has 0 atom stereocenters. The highest BCUT2D eigenvalue weighted by atomic mass is 35.5. The van der Waals surface area contributed by atoms with Crippen LogP contribution in [-0.2, 0) is 13.6 Å². The monoisotopic (exact) mass is 488 g/mol. The van der Waals surface area contributed by atoms with Crippen molar-refractivity contribution in [1.29, 1.82) is 5.41 Å². The van der Waals surface area contributed by atoms with Gasteiger partial charge >= 0.3 is 0 Å². The Morgan fingerprint density at radius 3 is 2.71 bits per heavy atom. The van der Waals surface area contributed by atoms with E-state index < -0.39 is 0 Å². The average molecular weight is 489 g/mol. The van der Waals surface area contributed by atoms with Crippen LogP contribution in [0.15, 0.2) is 71.8 Å². The van der Waals surface area contributed by atoms with Crippen LogP contribution in [0.3, 0.4) is 0 Å². The molecule has 4 rings (SSSR count). The van der Waals surface area contributed by atoms with Crippen molar-refractivity contribution >= 4 is 40.1 Å². The molecule has 35 heavy (non-hydrogen) atoms. The second-order valence-corrected chi connectivity index (χ2v) is 8.34. The minimum Gasteiger partial charge on any atom is -0.395 e. The van der Waals surface area contributed by atoms with Crippen LogP contribution in [0.1, 0.15) is 11.4 Å². The predicted molar refractivity (Wildman–Crippen MR) is 141 cm³/mol. The zero-order chi connectivity index (χ0) is 24.8. The molecule has 0 aliphatic carbocycles. The number of anilines is 1. The Bertz CT molecular complexity index is 1460. The third kappa shape index (κ3) is 5.74. The molecule has 2 aromatic heterocycles. The standard InChI is InChI=1S/C26H25ClN6O2/c1-33-16-19(6-8-24(33)35)18-5-7-23-22(12-18)26(30-14-17-3-2-4-21(27)11-17)32-25(31-23)20(13-28)15-29-9-10-34/h2-8,11-13,15-16,28-29,34H,9-10,14H2,1H3,(H,30,31,32)/b20-15+,28-13?. The van der Waals surface area contributed by atoms with Crippen LogP contribution >= 0.6 is 11.6 Å². The number of allylic oxidation sites excluding steroid dienone is 1. The Morgan fingerprint density at radius 1 is 1.14 bits per heavy atom. The van der Waals surface area contributed by atoms with E-state index >= 15 is 0 Å². The number of aliphatic hydroxyl groups is 1. The van der Waals surface area contributed by atoms with Gasteiger partial charge in [-0.3, -0.25) is 4.79 Å². The van der Waals surface area contributed by atoms with E-state index in [1.54, 1.807) is 25.5 Å². The first-order valence-corrected chi connectivity index (χ1v) is 11.4. The van der Waals surface area contributed by atoms with Crippen LogP contribution in [0.25, 0.3) is 27.6 Å². The minimum atomic E-state index is -0.0767. The summed E-state index contributed by atoms with van der Waals surface area (Å²) >= 11 is 6.15. The highest BCUT2D eigenvalue weighted by molar-refractivity contribution is 6.30. The van der Waals surface area contributed by atoms with E-state index in [-0.39, 0.29) is 12.2 Å². The van der Waals surface area contributed by atoms with E-state index in [2.05, 4.69) is 15.6 Å². The fourth-order valence-electron chi connectivity index (χ4n) is 3.59. The molecular weight excluding hydrogens is 464 g/mol. The first-order chi connectivity index (χ1) is 17.0. The van der Waals surface area contributed by atoms with Crippen molar-refractivity contribution in [2.45, 2.75) is 6.54 Å². The summed E-state index contributed by atoms with van der Waals surface area (Å²) in [4.78, 5) is 21.2. The maximum atomic E-state index is 11.8. The molecular formula is C26H25ClN6O2. The molecule has 0 fully saturated rings. The van der Waals surface area contributed by atoms with E-state index in [1.165, 1.54) is 16.8 Å². The maximum Gasteiger partial charge on any atom is 0.250 e. The van der Waals surface area contributed by atoms with Gasteiger partial charge in [0.1, 0.15) is 5.82 Å². The fourth-order valence-corrected chi connectivity index (χ4v) is 3.80. The second kappa shape index (κ2) is 10.9. The molecule has 9 heteroatoms. The minimum absolute atomic E-state index is 0.0271. The number of hydrogen-bond donors (Lipinski definition) is 4. The van der Waals surface area contributed by atoms with Gasteiger partial charge in [0.15, 0.2) is 5.82 Å². The molecule has 0 bridgehead atoms. The smallest absolute Gasteiger partial charge is 0.250 e. The number of fused-ring (bicyclic) bond motifs is 1. The van der Waals surface area contributed by atoms with Gasteiger partial charge in [-0.25, -0.2) is 9.97 Å². The SMILES string of the molecule is Cn1cc(-c2ccc3nc(/C(C=N)=C/NCCO)nc(NCc4cccc(Cl)c4)c3c2)ccc1=O. The highest BCUT2D eigenvalue weighted by Gasteiger charge is 2.12. The number of aliphatic hydroxyl groups excluding tert-OH is 1. The third-order valence-electron chi connectivity index (χ3n) is 5.39. The molecule has 2 aromatic carbocycles. The van der Waals surface area contributed by atoms with E-state index in [1.807, 2.05) is 42.5 Å². The number of benzene rings is 2. The van der Waals surface area contributed by atoms with Crippen molar-refractivity contribution in [3.63, 3.8) is 0 Å². The number of aromatic nitrogens is 3. The summed E-state index contributed by atoms with van der Waals surface area (Å²) in [6.45, 7) is 0.816. The topological polar surface area (TPSA) is 116 Å². The molecule has 0 amide bonds. The predicted octanol–water partition coefficient (Wildman–Crippen LogP) is 3.83. The summed E-state index contributed by atoms with van der Waals surface area (Å²) in [5, 5.41) is 24.6. The summed E-state index contributed by atoms with van der Waals surface area (Å²) in [6.07, 6.45) is 4.58. The molecule has 0 saturated heterocycles. The summed E-state index contributed by atoms with van der Waals surface area (Å²) in [7, 11) is 1.72. The van der Waals surface area contributed by atoms with Gasteiger partial charge < -0.3 is 25.7 Å². The molecule has 2 heterocycles. The van der Waals surface area contributed by atoms with Gasteiger partial charge in [0.05, 0.1) is 17.7 Å². The lowest BCUT2D eigenvalue weighted by Gasteiger charge is -2.13. The van der Waals surface area contributed by atoms with Gasteiger partial charge in [0.25, 0.3) is 0 Å². The van der Waals surface area contributed by atoms with Crippen LogP contribution in [0, 0.1) is 5.41 Å². The summed E-state index contributed by atoms with van der Waals surface area (Å²) in [5.41, 5.74) is 3.91. The first-order valence-electron chi connectivity index (χ1n) is 11.0. The maximum absolute atomic E-state index is 11.8. The normalized spacial score (nSPS) is 11.5. The van der Waals surface area contributed by atoms with Gasteiger partial charge in [0.2, 0.25) is 5.56 Å². The number of pyridine rings is 1. The van der Waals surface area contributed by atoms with E-state index in [0.29, 0.717) is 40.8 Å². The van der Waals surface area contributed by atoms with E-state index in [9.17, 15) is 4.79 Å². The zero-order valence-corrected chi connectivity index (χ0v) is 19.9. The molecule has 8 nitrogen and oxygen atoms in total. The lowest BCUT2D eigenvalue weighted by Crippen LogP contribution is -2.14. The van der Waals surface area contributed by atoms with Crippen molar-refractivity contribution in [1.82, 2.24) is 19.9 Å². The molecule has 0 unspecified atom stereocenters. The Kier molecular flexibility index (Phi) is 7.54. The number of rotatable bonds is 9. The average Bonchev–Trinajstić information content (AvgIpc) is 2.86. The number of aryl methyl sites for hydroxylation is 1. The van der Waals surface area contributed by atoms with E-state index in [0.717, 1.165) is 22.1 Å². The lowest BCUT2D eigenvalue weighted by atomic mass is 10.0. The van der Waals surface area contributed by atoms with Crippen molar-refractivity contribution in [3.8, 4) is 11.1 Å². The van der Waals surface area contributed by atoms with Crippen LogP contribution in [-0.4, -0.2) is 39.0 Å². The molecule has 0 aliphatic heterocycles. The number of hydrogen-bond acceptors (Lipinski definition) is 7. The van der Waals surface area contributed by atoms with Crippen LogP contribution < -0.4 is 16.2 Å². The summed E-state index contributed by atoms with van der Waals surface area (Å²) in [5.74, 6) is 0.980. The van der Waals surface area contributed by atoms with Gasteiger partial charge in [-0.15, -0.1) is 0 Å². The Labute approximate surface area is 207 Å². The fraction of sp³-hybridized carbons (Fsp3) is 0.154. The molecule has 0 aliphatic rings. The molecule has 4 N–H and O–H groups in total. The molecule has 4 aromatic rings. The third-order valence-corrected chi connectivity index (χ3v) is 5.63. The van der Waals surface area contributed by atoms with Crippen molar-refractivity contribution in [2.75, 3.05) is 18.5 Å². The lowest BCUT2D eigenvalue weighted by molar-refractivity contribution is 0.298. The van der Waals surface area contributed by atoms with Crippen molar-refractivity contribution in [3.05, 3.63) is 93.8 Å². The molecule has 0 radical (unpaired) electrons. The van der Waals surface area contributed by atoms with Crippen LogP contribution in [0.4, 0.5) is 5.82 Å². The first kappa shape index (κ1) is 24.1. The van der Waals surface area contributed by atoms with E-state index in [4.69, 9.17) is 27.1 Å². The van der Waals surface area contributed by atoms with Gasteiger partial charge in [-0.05, 0) is 47.0 Å². The largest absolute Gasteiger partial charge is 0.395 e. The zero-order valence-electron chi connectivity index (χ0n) is 19.1.